The average molecular weight is 298 g/mol. The van der Waals surface area contributed by atoms with Gasteiger partial charge in [-0.2, -0.15) is 5.26 Å². The predicted octanol–water partition coefficient (Wildman–Crippen LogP) is 4.29. The maximum atomic E-state index is 9.40. The van der Waals surface area contributed by atoms with Gasteiger partial charge >= 0.3 is 0 Å². The van der Waals surface area contributed by atoms with Crippen molar-refractivity contribution < 1.29 is 4.74 Å². The average Bonchev–Trinajstić information content (AvgIpc) is 2.53. The van der Waals surface area contributed by atoms with Gasteiger partial charge in [0.25, 0.3) is 0 Å². The van der Waals surface area contributed by atoms with E-state index < -0.39 is 0 Å². The van der Waals surface area contributed by atoms with Crippen molar-refractivity contribution in [1.29, 1.82) is 5.26 Å². The van der Waals surface area contributed by atoms with Gasteiger partial charge in [0, 0.05) is 17.0 Å². The third-order valence-corrected chi connectivity index (χ3v) is 4.04. The maximum Gasteiger partial charge on any atom is 0.123 e. The molecule has 108 valence electrons. The van der Waals surface area contributed by atoms with E-state index in [1.54, 1.807) is 18.9 Å². The molecule has 2 aromatic rings. The summed E-state index contributed by atoms with van der Waals surface area (Å²) in [6, 6.07) is 16.1. The number of hydrogen-bond donors (Lipinski definition) is 1. The fourth-order valence-corrected chi connectivity index (χ4v) is 2.89. The summed E-state index contributed by atoms with van der Waals surface area (Å²) >= 11 is 1.68. The van der Waals surface area contributed by atoms with E-state index >= 15 is 0 Å². The highest BCUT2D eigenvalue weighted by Gasteiger charge is 2.08. The van der Waals surface area contributed by atoms with Crippen LogP contribution in [0.2, 0.25) is 0 Å². The SMILES string of the molecule is CCSc1cccc(NCc2ccccc2OC)c1C#N. The molecule has 0 heterocycles. The lowest BCUT2D eigenvalue weighted by Gasteiger charge is -2.13. The summed E-state index contributed by atoms with van der Waals surface area (Å²) in [7, 11) is 1.66. The predicted molar refractivity (Wildman–Crippen MR) is 87.9 cm³/mol. The van der Waals surface area contributed by atoms with Crippen LogP contribution in [0.4, 0.5) is 5.69 Å². The van der Waals surface area contributed by atoms with Crippen molar-refractivity contribution in [3.63, 3.8) is 0 Å². The van der Waals surface area contributed by atoms with Crippen LogP contribution >= 0.6 is 11.8 Å². The van der Waals surface area contributed by atoms with Crippen molar-refractivity contribution in [2.75, 3.05) is 18.2 Å². The maximum absolute atomic E-state index is 9.40. The Labute approximate surface area is 129 Å². The lowest BCUT2D eigenvalue weighted by molar-refractivity contribution is 0.410. The molecule has 2 rings (SSSR count). The van der Waals surface area contributed by atoms with Crippen molar-refractivity contribution in [1.82, 2.24) is 0 Å². The fourth-order valence-electron chi connectivity index (χ4n) is 2.11. The Bertz CT molecular complexity index is 649. The smallest absolute Gasteiger partial charge is 0.123 e. The van der Waals surface area contributed by atoms with Gasteiger partial charge in [-0.1, -0.05) is 31.2 Å². The quantitative estimate of drug-likeness (QED) is 0.808. The van der Waals surface area contributed by atoms with Crippen LogP contribution in [0.3, 0.4) is 0 Å². The summed E-state index contributed by atoms with van der Waals surface area (Å²) in [5.74, 6) is 1.80. The van der Waals surface area contributed by atoms with Crippen LogP contribution in [0.25, 0.3) is 0 Å². The number of nitriles is 1. The highest BCUT2D eigenvalue weighted by molar-refractivity contribution is 7.99. The molecule has 0 saturated carbocycles. The normalized spacial score (nSPS) is 9.95. The van der Waals surface area contributed by atoms with Crippen LogP contribution in [0, 0.1) is 11.3 Å². The second-order valence-corrected chi connectivity index (χ2v) is 5.69. The Balaban J connectivity index is 2.20. The van der Waals surface area contributed by atoms with E-state index in [-0.39, 0.29) is 0 Å². The standard InChI is InChI=1S/C17H18N2OS/c1-3-21-17-10-6-8-15(14(17)11-18)19-12-13-7-4-5-9-16(13)20-2/h4-10,19H,3,12H2,1-2H3. The Morgan fingerprint density at radius 2 is 2.00 bits per heavy atom. The highest BCUT2D eigenvalue weighted by Crippen LogP contribution is 2.28. The third kappa shape index (κ3) is 3.71. The van der Waals surface area contributed by atoms with Crippen LogP contribution in [0.5, 0.6) is 5.75 Å². The number of methoxy groups -OCH3 is 1. The molecule has 0 radical (unpaired) electrons. The molecule has 0 aliphatic carbocycles. The van der Waals surface area contributed by atoms with E-state index in [2.05, 4.69) is 18.3 Å². The number of para-hydroxylation sites is 1. The Morgan fingerprint density at radius 3 is 2.71 bits per heavy atom. The van der Waals surface area contributed by atoms with Crippen molar-refractivity contribution >= 4 is 17.4 Å². The van der Waals surface area contributed by atoms with Crippen LogP contribution in [0.15, 0.2) is 47.4 Å². The fraction of sp³-hybridized carbons (Fsp3) is 0.235. The Hall–Kier alpha value is -2.12. The summed E-state index contributed by atoms with van der Waals surface area (Å²) in [5, 5.41) is 12.7. The zero-order valence-electron chi connectivity index (χ0n) is 12.2. The highest BCUT2D eigenvalue weighted by atomic mass is 32.2. The van der Waals surface area contributed by atoms with E-state index in [4.69, 9.17) is 4.74 Å². The van der Waals surface area contributed by atoms with Crippen molar-refractivity contribution in [3.05, 3.63) is 53.6 Å². The molecule has 0 fully saturated rings. The minimum atomic E-state index is 0.624. The number of nitrogens with zero attached hydrogens (tertiary/aromatic N) is 1. The monoisotopic (exact) mass is 298 g/mol. The molecule has 0 unspecified atom stereocenters. The largest absolute Gasteiger partial charge is 0.496 e. The Kier molecular flexibility index (Phi) is 5.53. The molecule has 0 atom stereocenters. The molecule has 0 spiro atoms. The van der Waals surface area contributed by atoms with Gasteiger partial charge < -0.3 is 10.1 Å². The summed E-state index contributed by atoms with van der Waals surface area (Å²) in [6.45, 7) is 2.71. The lowest BCUT2D eigenvalue weighted by atomic mass is 10.1. The van der Waals surface area contributed by atoms with Gasteiger partial charge in [0.05, 0.1) is 18.4 Å². The molecule has 0 aliphatic heterocycles. The van der Waals surface area contributed by atoms with E-state index in [9.17, 15) is 5.26 Å². The van der Waals surface area contributed by atoms with Crippen molar-refractivity contribution in [3.8, 4) is 11.8 Å². The summed E-state index contributed by atoms with van der Waals surface area (Å²) in [6.07, 6.45) is 0. The summed E-state index contributed by atoms with van der Waals surface area (Å²) in [4.78, 5) is 1.02. The van der Waals surface area contributed by atoms with Crippen molar-refractivity contribution in [2.45, 2.75) is 18.4 Å². The van der Waals surface area contributed by atoms with E-state index in [1.165, 1.54) is 0 Å². The summed E-state index contributed by atoms with van der Waals surface area (Å²) < 4.78 is 5.34. The first kappa shape index (κ1) is 15.3. The number of anilines is 1. The molecule has 0 aliphatic rings. The first-order valence-corrected chi connectivity index (χ1v) is 7.80. The second-order valence-electron chi connectivity index (χ2n) is 4.39. The molecule has 0 saturated heterocycles. The molecular formula is C17H18N2OS. The topological polar surface area (TPSA) is 45.0 Å². The minimum Gasteiger partial charge on any atom is -0.496 e. The minimum absolute atomic E-state index is 0.624. The number of hydrogen-bond acceptors (Lipinski definition) is 4. The molecular weight excluding hydrogens is 280 g/mol. The molecule has 2 aromatic carbocycles. The molecule has 4 heteroatoms. The van der Waals surface area contributed by atoms with Gasteiger partial charge in [-0.3, -0.25) is 0 Å². The zero-order chi connectivity index (χ0) is 15.1. The summed E-state index contributed by atoms with van der Waals surface area (Å²) in [5.41, 5.74) is 2.64. The first-order valence-electron chi connectivity index (χ1n) is 6.81. The van der Waals surface area contributed by atoms with Gasteiger partial charge in [-0.05, 0) is 24.0 Å². The molecule has 0 amide bonds. The molecule has 0 aromatic heterocycles. The molecule has 3 nitrogen and oxygen atoms in total. The molecule has 0 bridgehead atoms. The number of nitrogens with one attached hydrogen (secondary N) is 1. The lowest BCUT2D eigenvalue weighted by Crippen LogP contribution is -2.03. The van der Waals surface area contributed by atoms with Gasteiger partial charge in [0.15, 0.2) is 0 Å². The number of thioether (sulfide) groups is 1. The number of rotatable bonds is 6. The first-order chi connectivity index (χ1) is 10.3. The zero-order valence-corrected chi connectivity index (χ0v) is 13.0. The second kappa shape index (κ2) is 7.61. The van der Waals surface area contributed by atoms with E-state index in [1.807, 2.05) is 42.5 Å². The van der Waals surface area contributed by atoms with Crippen LogP contribution in [0.1, 0.15) is 18.1 Å². The van der Waals surface area contributed by atoms with Crippen LogP contribution < -0.4 is 10.1 Å². The van der Waals surface area contributed by atoms with Crippen molar-refractivity contribution in [2.24, 2.45) is 0 Å². The van der Waals surface area contributed by atoms with Gasteiger partial charge in [0.2, 0.25) is 0 Å². The van der Waals surface area contributed by atoms with Gasteiger partial charge in [-0.25, -0.2) is 0 Å². The number of ether oxygens (including phenoxy) is 1. The van der Waals surface area contributed by atoms with Crippen LogP contribution in [-0.2, 0) is 6.54 Å². The van der Waals surface area contributed by atoms with E-state index in [0.717, 1.165) is 27.6 Å². The number of benzene rings is 2. The van der Waals surface area contributed by atoms with Gasteiger partial charge in [0.1, 0.15) is 11.8 Å². The third-order valence-electron chi connectivity index (χ3n) is 3.10. The molecule has 1 N–H and O–H groups in total. The van der Waals surface area contributed by atoms with Gasteiger partial charge in [-0.15, -0.1) is 11.8 Å². The van der Waals surface area contributed by atoms with E-state index in [0.29, 0.717) is 12.1 Å². The molecule has 21 heavy (non-hydrogen) atoms. The van der Waals surface area contributed by atoms with Crippen LogP contribution in [-0.4, -0.2) is 12.9 Å². The Morgan fingerprint density at radius 1 is 1.19 bits per heavy atom.